The molecule has 0 aliphatic rings. The maximum Gasteiger partial charge on any atom is 0.328 e. The Morgan fingerprint density at radius 1 is 0.900 bits per heavy atom. The first-order valence-corrected chi connectivity index (χ1v) is 9.58. The van der Waals surface area contributed by atoms with Crippen molar-refractivity contribution in [2.75, 3.05) is 6.61 Å². The number of aryl methyl sites for hydroxylation is 1. The normalized spacial score (nSPS) is 10.6. The van der Waals surface area contributed by atoms with Gasteiger partial charge in [0, 0.05) is 6.08 Å². The molecule has 0 radical (unpaired) electrons. The van der Waals surface area contributed by atoms with Crippen LogP contribution in [0.4, 0.5) is 0 Å². The molecule has 0 saturated carbocycles. The van der Waals surface area contributed by atoms with Crippen molar-refractivity contribution in [1.29, 1.82) is 0 Å². The van der Waals surface area contributed by atoms with Gasteiger partial charge in [0.1, 0.15) is 12.4 Å². The van der Waals surface area contributed by atoms with E-state index in [0.29, 0.717) is 6.61 Å². The average molecular weight is 402 g/mol. The molecule has 3 aromatic carbocycles. The Labute approximate surface area is 177 Å². The van der Waals surface area contributed by atoms with Gasteiger partial charge in [-0.1, -0.05) is 84.4 Å². The van der Waals surface area contributed by atoms with E-state index in [1.807, 2.05) is 72.8 Å². The summed E-state index contributed by atoms with van der Waals surface area (Å²) in [5.74, 6) is -0.244. The zero-order valence-corrected chi connectivity index (χ0v) is 16.9. The van der Waals surface area contributed by atoms with Gasteiger partial charge in [-0.15, -0.1) is 0 Å². The predicted molar refractivity (Wildman–Crippen MR) is 121 cm³/mol. The molecule has 0 heterocycles. The maximum absolute atomic E-state index is 10.5. The second kappa shape index (κ2) is 12.8. The van der Waals surface area contributed by atoms with Gasteiger partial charge in [-0.25, -0.2) is 4.79 Å². The molecular formula is C26H26O4. The van der Waals surface area contributed by atoms with Gasteiger partial charge in [-0.05, 0) is 41.8 Å². The van der Waals surface area contributed by atoms with Crippen LogP contribution in [-0.2, 0) is 11.4 Å². The Bertz CT molecular complexity index is 975. The Morgan fingerprint density at radius 2 is 1.60 bits per heavy atom. The standard InChI is InChI=1S/C16H14O3.C10H12O/c17-16(18)10-9-13-7-4-8-15(11-13)19-12-14-5-2-1-3-6-14;1-9-4-2-5-10(8-9)6-3-7-11/h1-11H,12H2,(H,17,18);2-6,8,11H,7H2,1H3/b10-9+;6-3+. The number of aliphatic hydroxyl groups excluding tert-OH is 1. The van der Waals surface area contributed by atoms with Crippen molar-refractivity contribution in [2.45, 2.75) is 13.5 Å². The van der Waals surface area contributed by atoms with Gasteiger partial charge < -0.3 is 14.9 Å². The topological polar surface area (TPSA) is 66.8 Å². The van der Waals surface area contributed by atoms with E-state index < -0.39 is 5.97 Å². The summed E-state index contributed by atoms with van der Waals surface area (Å²) in [7, 11) is 0. The van der Waals surface area contributed by atoms with Crippen LogP contribution in [0.3, 0.4) is 0 Å². The minimum Gasteiger partial charge on any atom is -0.489 e. The summed E-state index contributed by atoms with van der Waals surface area (Å²) in [5, 5.41) is 17.1. The summed E-state index contributed by atoms with van der Waals surface area (Å²) in [6.45, 7) is 2.65. The van der Waals surface area contributed by atoms with Gasteiger partial charge >= 0.3 is 5.97 Å². The molecule has 0 aliphatic heterocycles. The van der Waals surface area contributed by atoms with Gasteiger partial charge in [0.2, 0.25) is 0 Å². The Hall–Kier alpha value is -3.63. The molecule has 0 unspecified atom stereocenters. The van der Waals surface area contributed by atoms with Crippen LogP contribution in [0.15, 0.2) is 91.0 Å². The molecule has 154 valence electrons. The second-order valence-corrected chi connectivity index (χ2v) is 6.52. The van der Waals surface area contributed by atoms with Crippen molar-refractivity contribution in [2.24, 2.45) is 0 Å². The number of ether oxygens (including phenoxy) is 1. The fourth-order valence-electron chi connectivity index (χ4n) is 2.58. The Balaban J connectivity index is 0.000000248. The molecule has 4 nitrogen and oxygen atoms in total. The largest absolute Gasteiger partial charge is 0.489 e. The smallest absolute Gasteiger partial charge is 0.328 e. The third-order valence-corrected chi connectivity index (χ3v) is 3.98. The van der Waals surface area contributed by atoms with Gasteiger partial charge in [0.25, 0.3) is 0 Å². The van der Waals surface area contributed by atoms with E-state index in [2.05, 4.69) is 19.1 Å². The van der Waals surface area contributed by atoms with Crippen molar-refractivity contribution in [3.05, 3.63) is 113 Å². The van der Waals surface area contributed by atoms with Crippen LogP contribution in [0.2, 0.25) is 0 Å². The second-order valence-electron chi connectivity index (χ2n) is 6.52. The number of aliphatic carboxylic acids is 1. The minimum absolute atomic E-state index is 0.105. The fourth-order valence-corrected chi connectivity index (χ4v) is 2.58. The number of carboxylic acids is 1. The molecule has 3 rings (SSSR count). The molecule has 0 aromatic heterocycles. The highest BCUT2D eigenvalue weighted by Gasteiger charge is 1.97. The van der Waals surface area contributed by atoms with E-state index in [0.717, 1.165) is 28.5 Å². The number of rotatable bonds is 7. The quantitative estimate of drug-likeness (QED) is 0.522. The predicted octanol–water partition coefficient (Wildman–Crippen LogP) is 5.36. The van der Waals surface area contributed by atoms with Crippen LogP contribution < -0.4 is 4.74 Å². The number of benzene rings is 3. The number of hydrogen-bond donors (Lipinski definition) is 2. The van der Waals surface area contributed by atoms with Gasteiger partial charge in [0.15, 0.2) is 0 Å². The molecule has 3 aromatic rings. The van der Waals surface area contributed by atoms with Crippen LogP contribution in [0, 0.1) is 6.92 Å². The van der Waals surface area contributed by atoms with Gasteiger partial charge in [-0.2, -0.15) is 0 Å². The van der Waals surface area contributed by atoms with Crippen molar-refractivity contribution in [3.8, 4) is 5.75 Å². The third-order valence-electron chi connectivity index (χ3n) is 3.98. The van der Waals surface area contributed by atoms with Crippen LogP contribution in [0.1, 0.15) is 22.3 Å². The summed E-state index contributed by atoms with van der Waals surface area (Å²) in [6, 6.07) is 25.3. The van der Waals surface area contributed by atoms with Crippen molar-refractivity contribution in [3.63, 3.8) is 0 Å². The summed E-state index contributed by atoms with van der Waals surface area (Å²) >= 11 is 0. The van der Waals surface area contributed by atoms with Crippen LogP contribution in [0.5, 0.6) is 5.75 Å². The molecule has 0 aliphatic carbocycles. The lowest BCUT2D eigenvalue weighted by Gasteiger charge is -2.06. The molecule has 0 bridgehead atoms. The molecule has 0 atom stereocenters. The summed E-state index contributed by atoms with van der Waals surface area (Å²) in [4.78, 5) is 10.5. The number of carboxylic acid groups (broad SMARTS) is 1. The molecule has 0 amide bonds. The van der Waals surface area contributed by atoms with E-state index in [-0.39, 0.29) is 6.61 Å². The molecule has 30 heavy (non-hydrogen) atoms. The Morgan fingerprint density at radius 3 is 2.27 bits per heavy atom. The maximum atomic E-state index is 10.5. The monoisotopic (exact) mass is 402 g/mol. The Kier molecular flexibility index (Phi) is 9.63. The highest BCUT2D eigenvalue weighted by Crippen LogP contribution is 2.16. The van der Waals surface area contributed by atoms with Crippen molar-refractivity contribution >= 4 is 18.1 Å². The van der Waals surface area contributed by atoms with Crippen LogP contribution in [-0.4, -0.2) is 22.8 Å². The molecule has 2 N–H and O–H groups in total. The molecule has 0 fully saturated rings. The first-order chi connectivity index (χ1) is 14.6. The lowest BCUT2D eigenvalue weighted by Crippen LogP contribution is -1.95. The highest BCUT2D eigenvalue weighted by molar-refractivity contribution is 5.85. The van der Waals surface area contributed by atoms with E-state index in [4.69, 9.17) is 14.9 Å². The zero-order chi connectivity index (χ0) is 21.6. The van der Waals surface area contributed by atoms with E-state index >= 15 is 0 Å². The lowest BCUT2D eigenvalue weighted by molar-refractivity contribution is -0.131. The summed E-state index contributed by atoms with van der Waals surface area (Å²) in [6.07, 6.45) is 6.29. The fraction of sp³-hybridized carbons (Fsp3) is 0.115. The first kappa shape index (κ1) is 22.7. The number of hydrogen-bond acceptors (Lipinski definition) is 3. The first-order valence-electron chi connectivity index (χ1n) is 9.58. The zero-order valence-electron chi connectivity index (χ0n) is 16.9. The van der Waals surface area contributed by atoms with Crippen LogP contribution >= 0.6 is 0 Å². The number of carbonyl (C=O) groups is 1. The minimum atomic E-state index is -0.962. The third kappa shape index (κ3) is 9.04. The van der Waals surface area contributed by atoms with Crippen molar-refractivity contribution in [1.82, 2.24) is 0 Å². The van der Waals surface area contributed by atoms with Crippen LogP contribution in [0.25, 0.3) is 12.2 Å². The van der Waals surface area contributed by atoms with Gasteiger partial charge in [-0.3, -0.25) is 0 Å². The summed E-state index contributed by atoms with van der Waals surface area (Å²) < 4.78 is 5.66. The lowest BCUT2D eigenvalue weighted by atomic mass is 10.1. The van der Waals surface area contributed by atoms with Crippen molar-refractivity contribution < 1.29 is 19.7 Å². The molecule has 0 saturated heterocycles. The van der Waals surface area contributed by atoms with E-state index in [9.17, 15) is 4.79 Å². The SMILES string of the molecule is Cc1cccc(/C=C/CO)c1.O=C(O)/C=C/c1cccc(OCc2ccccc2)c1. The molecular weight excluding hydrogens is 376 g/mol. The molecule has 0 spiro atoms. The average Bonchev–Trinajstić information content (AvgIpc) is 2.76. The number of aliphatic hydroxyl groups is 1. The molecule has 4 heteroatoms. The van der Waals surface area contributed by atoms with E-state index in [1.165, 1.54) is 11.6 Å². The van der Waals surface area contributed by atoms with Gasteiger partial charge in [0.05, 0.1) is 6.61 Å². The van der Waals surface area contributed by atoms with E-state index in [1.54, 1.807) is 6.08 Å². The highest BCUT2D eigenvalue weighted by atomic mass is 16.5. The summed E-state index contributed by atoms with van der Waals surface area (Å²) in [5.41, 5.74) is 4.27.